The van der Waals surface area contributed by atoms with Crippen LogP contribution >= 0.6 is 15.9 Å². The first-order chi connectivity index (χ1) is 16.3. The molecule has 176 valence electrons. The third-order valence-corrected chi connectivity index (χ3v) is 7.14. The SMILES string of the molecule is CNC(=O)[C@]1(C)CC[C@@H](Nc2ncc3c(Br)nn(-c4cc([C@@H](C)N)c5nccnc5c4)c3n2)C1. The topological polar surface area (TPSA) is 137 Å². The van der Waals surface area contributed by atoms with Gasteiger partial charge in [0.1, 0.15) is 4.60 Å². The van der Waals surface area contributed by atoms with Gasteiger partial charge in [0.15, 0.2) is 5.65 Å². The number of nitrogens with one attached hydrogen (secondary N) is 2. The average molecular weight is 524 g/mol. The van der Waals surface area contributed by atoms with Crippen molar-refractivity contribution in [2.24, 2.45) is 11.1 Å². The maximum Gasteiger partial charge on any atom is 0.225 e. The van der Waals surface area contributed by atoms with Gasteiger partial charge in [-0.1, -0.05) is 6.92 Å². The number of nitrogens with two attached hydrogens (primary N) is 1. The van der Waals surface area contributed by atoms with Crippen LogP contribution in [0.1, 0.15) is 44.7 Å². The summed E-state index contributed by atoms with van der Waals surface area (Å²) in [7, 11) is 1.68. The quantitative estimate of drug-likeness (QED) is 0.362. The molecule has 1 aliphatic rings. The lowest BCUT2D eigenvalue weighted by atomic mass is 9.87. The maximum atomic E-state index is 12.3. The van der Waals surface area contributed by atoms with Crippen LogP contribution in [0.2, 0.25) is 0 Å². The average Bonchev–Trinajstić information content (AvgIpc) is 3.37. The minimum Gasteiger partial charge on any atom is -0.359 e. The molecule has 1 amide bonds. The van der Waals surface area contributed by atoms with Crippen LogP contribution in [-0.2, 0) is 4.79 Å². The highest BCUT2D eigenvalue weighted by atomic mass is 79.9. The lowest BCUT2D eigenvalue weighted by Gasteiger charge is -2.22. The van der Waals surface area contributed by atoms with E-state index in [4.69, 9.17) is 10.7 Å². The molecule has 0 spiro atoms. The Hall–Kier alpha value is -3.18. The van der Waals surface area contributed by atoms with E-state index in [0.717, 1.165) is 46.9 Å². The van der Waals surface area contributed by atoms with Gasteiger partial charge in [-0.2, -0.15) is 10.1 Å². The van der Waals surface area contributed by atoms with Gasteiger partial charge in [-0.25, -0.2) is 9.67 Å². The molecule has 0 radical (unpaired) electrons. The predicted molar refractivity (Wildman–Crippen MR) is 133 cm³/mol. The van der Waals surface area contributed by atoms with Crippen molar-refractivity contribution in [3.05, 3.63) is 40.9 Å². The molecule has 0 saturated heterocycles. The molecule has 0 bridgehead atoms. The van der Waals surface area contributed by atoms with Crippen molar-refractivity contribution in [3.63, 3.8) is 0 Å². The van der Waals surface area contributed by atoms with E-state index < -0.39 is 0 Å². The molecule has 0 unspecified atom stereocenters. The molecule has 5 rings (SSSR count). The zero-order valence-corrected chi connectivity index (χ0v) is 20.8. The number of nitrogens with zero attached hydrogens (tertiary/aromatic N) is 6. The number of benzene rings is 1. The summed E-state index contributed by atoms with van der Waals surface area (Å²) in [6.07, 6.45) is 7.48. The second kappa shape index (κ2) is 8.55. The molecule has 1 fully saturated rings. The molecule has 3 aromatic heterocycles. The summed E-state index contributed by atoms with van der Waals surface area (Å²) in [6, 6.07) is 3.78. The predicted octanol–water partition coefficient (Wildman–Crippen LogP) is 3.26. The van der Waals surface area contributed by atoms with Crippen molar-refractivity contribution in [3.8, 4) is 5.69 Å². The molecular formula is C23H26BrN9O. The lowest BCUT2D eigenvalue weighted by Crippen LogP contribution is -2.35. The summed E-state index contributed by atoms with van der Waals surface area (Å²) >= 11 is 3.53. The summed E-state index contributed by atoms with van der Waals surface area (Å²) < 4.78 is 2.40. The van der Waals surface area contributed by atoms with Gasteiger partial charge in [0.25, 0.3) is 0 Å². The van der Waals surface area contributed by atoms with E-state index in [1.54, 1.807) is 30.3 Å². The molecule has 34 heavy (non-hydrogen) atoms. The standard InChI is InChI=1S/C23H26BrN9O/c1-12(25)15-8-14(9-17-18(15)28-7-6-27-17)33-20-16(19(24)32-33)11-29-22(31-20)30-13-4-5-23(2,10-13)21(34)26-3/h6-9,11-13H,4-5,10,25H2,1-3H3,(H,26,34)(H,29,30,31)/t12-,13-,23-/m1/s1. The van der Waals surface area contributed by atoms with E-state index in [0.29, 0.717) is 16.2 Å². The largest absolute Gasteiger partial charge is 0.359 e. The second-order valence-electron chi connectivity index (χ2n) is 9.11. The molecule has 1 aromatic carbocycles. The molecule has 1 aliphatic carbocycles. The van der Waals surface area contributed by atoms with Crippen LogP contribution in [0.25, 0.3) is 27.8 Å². The molecule has 4 aromatic rings. The Labute approximate surface area is 204 Å². The number of anilines is 1. The van der Waals surface area contributed by atoms with Crippen LogP contribution in [-0.4, -0.2) is 48.7 Å². The highest BCUT2D eigenvalue weighted by molar-refractivity contribution is 9.10. The van der Waals surface area contributed by atoms with Crippen molar-refractivity contribution in [1.82, 2.24) is 35.0 Å². The number of fused-ring (bicyclic) bond motifs is 2. The van der Waals surface area contributed by atoms with Crippen molar-refractivity contribution in [2.45, 2.75) is 45.2 Å². The van der Waals surface area contributed by atoms with E-state index in [-0.39, 0.29) is 23.4 Å². The van der Waals surface area contributed by atoms with Gasteiger partial charge in [0.2, 0.25) is 11.9 Å². The van der Waals surface area contributed by atoms with Crippen molar-refractivity contribution < 1.29 is 4.79 Å². The Morgan fingerprint density at radius 1 is 1.29 bits per heavy atom. The Morgan fingerprint density at radius 2 is 2.09 bits per heavy atom. The first kappa shape index (κ1) is 22.6. The van der Waals surface area contributed by atoms with Crippen LogP contribution < -0.4 is 16.4 Å². The Bertz CT molecular complexity index is 1400. The molecular weight excluding hydrogens is 498 g/mol. The second-order valence-corrected chi connectivity index (χ2v) is 9.86. The number of aromatic nitrogens is 6. The van der Waals surface area contributed by atoms with Gasteiger partial charge in [-0.05, 0) is 59.8 Å². The highest BCUT2D eigenvalue weighted by Crippen LogP contribution is 2.39. The molecule has 10 nitrogen and oxygen atoms in total. The monoisotopic (exact) mass is 523 g/mol. The molecule has 0 aliphatic heterocycles. The van der Waals surface area contributed by atoms with Crippen LogP contribution in [0, 0.1) is 5.41 Å². The number of carbonyl (C=O) groups excluding carboxylic acids is 1. The van der Waals surface area contributed by atoms with Crippen molar-refractivity contribution >= 4 is 49.9 Å². The molecule has 3 heterocycles. The molecule has 4 N–H and O–H groups in total. The summed E-state index contributed by atoms with van der Waals surface area (Å²) in [5.41, 5.74) is 9.68. The van der Waals surface area contributed by atoms with E-state index in [9.17, 15) is 4.79 Å². The van der Waals surface area contributed by atoms with E-state index >= 15 is 0 Å². The van der Waals surface area contributed by atoms with Gasteiger partial charge in [-0.3, -0.25) is 14.8 Å². The van der Waals surface area contributed by atoms with Gasteiger partial charge in [-0.15, -0.1) is 0 Å². The Morgan fingerprint density at radius 3 is 2.85 bits per heavy atom. The third kappa shape index (κ3) is 3.88. The smallest absolute Gasteiger partial charge is 0.225 e. The summed E-state index contributed by atoms with van der Waals surface area (Å²) in [5.74, 6) is 0.569. The number of amides is 1. The third-order valence-electron chi connectivity index (χ3n) is 6.55. The van der Waals surface area contributed by atoms with Gasteiger partial charge < -0.3 is 16.4 Å². The zero-order valence-electron chi connectivity index (χ0n) is 19.2. The first-order valence-electron chi connectivity index (χ1n) is 11.2. The minimum atomic E-state index is -0.386. The highest BCUT2D eigenvalue weighted by Gasteiger charge is 2.41. The summed E-state index contributed by atoms with van der Waals surface area (Å²) in [5, 5.41) is 11.6. The minimum absolute atomic E-state index is 0.0690. The molecule has 3 atom stereocenters. The van der Waals surface area contributed by atoms with Crippen molar-refractivity contribution in [2.75, 3.05) is 12.4 Å². The summed E-state index contributed by atoms with van der Waals surface area (Å²) in [4.78, 5) is 30.5. The molecule has 11 heteroatoms. The van der Waals surface area contributed by atoms with Gasteiger partial charge in [0, 0.05) is 43.1 Å². The lowest BCUT2D eigenvalue weighted by molar-refractivity contribution is -0.129. The number of hydrogen-bond donors (Lipinski definition) is 3. The number of rotatable bonds is 5. The van der Waals surface area contributed by atoms with Crippen LogP contribution in [0.5, 0.6) is 0 Å². The van der Waals surface area contributed by atoms with Crippen LogP contribution in [0.3, 0.4) is 0 Å². The first-order valence-corrected chi connectivity index (χ1v) is 12.0. The fraction of sp³-hybridized carbons (Fsp3) is 0.391. The Kier molecular flexibility index (Phi) is 5.68. The fourth-order valence-electron chi connectivity index (χ4n) is 4.73. The van der Waals surface area contributed by atoms with Crippen molar-refractivity contribution in [1.29, 1.82) is 0 Å². The Balaban J connectivity index is 1.53. The number of halogens is 1. The fourth-order valence-corrected chi connectivity index (χ4v) is 5.17. The van der Waals surface area contributed by atoms with E-state index in [1.807, 2.05) is 26.0 Å². The van der Waals surface area contributed by atoms with Crippen LogP contribution in [0.4, 0.5) is 5.95 Å². The molecule has 1 saturated carbocycles. The normalized spacial score (nSPS) is 21.1. The van der Waals surface area contributed by atoms with E-state index in [2.05, 4.69) is 46.6 Å². The number of carbonyl (C=O) groups is 1. The van der Waals surface area contributed by atoms with E-state index in [1.165, 1.54) is 0 Å². The maximum absolute atomic E-state index is 12.3. The van der Waals surface area contributed by atoms with Crippen LogP contribution in [0.15, 0.2) is 35.3 Å². The van der Waals surface area contributed by atoms with Gasteiger partial charge in [0.05, 0.1) is 22.1 Å². The number of hydrogen-bond acceptors (Lipinski definition) is 8. The van der Waals surface area contributed by atoms with Gasteiger partial charge >= 0.3 is 0 Å². The summed E-state index contributed by atoms with van der Waals surface area (Å²) in [6.45, 7) is 3.92. The zero-order chi connectivity index (χ0) is 24.0.